The van der Waals surface area contributed by atoms with Crippen LogP contribution in [0.25, 0.3) is 0 Å². The first-order valence-corrected chi connectivity index (χ1v) is 6.32. The van der Waals surface area contributed by atoms with Crippen LogP contribution >= 0.6 is 11.6 Å². The second-order valence-corrected chi connectivity index (χ2v) is 4.77. The first kappa shape index (κ1) is 13.6. The van der Waals surface area contributed by atoms with Crippen molar-refractivity contribution < 1.29 is 0 Å². The molecule has 0 aromatic carbocycles. The van der Waals surface area contributed by atoms with E-state index in [0.717, 1.165) is 22.2 Å². The number of hydrogen-bond donors (Lipinski definition) is 1. The van der Waals surface area contributed by atoms with E-state index >= 15 is 0 Å². The van der Waals surface area contributed by atoms with Crippen LogP contribution in [-0.2, 0) is 20.0 Å². The molecule has 102 valence electrons. The molecule has 2 aromatic rings. The lowest BCUT2D eigenvalue weighted by Gasteiger charge is -2.06. The van der Waals surface area contributed by atoms with Crippen LogP contribution in [0.5, 0.6) is 0 Å². The van der Waals surface area contributed by atoms with Crippen molar-refractivity contribution in [3.05, 3.63) is 49.0 Å². The van der Waals surface area contributed by atoms with Crippen molar-refractivity contribution in [1.29, 1.82) is 0 Å². The van der Waals surface area contributed by atoms with Crippen LogP contribution in [-0.4, -0.2) is 19.3 Å². The van der Waals surface area contributed by atoms with Crippen LogP contribution in [0.2, 0.25) is 5.15 Å². The number of aromatic amines is 1. The molecule has 6 nitrogen and oxygen atoms in total. The Hall–Kier alpha value is -1.82. The highest BCUT2D eigenvalue weighted by Crippen LogP contribution is 2.08. The lowest BCUT2D eigenvalue weighted by molar-refractivity contribution is 0.687. The molecule has 7 heteroatoms. The molecule has 0 radical (unpaired) electrons. The Morgan fingerprint density at radius 3 is 2.74 bits per heavy atom. The molecular weight excluding hydrogens is 268 g/mol. The molecule has 0 aliphatic heterocycles. The quantitative estimate of drug-likeness (QED) is 0.848. The molecule has 0 aliphatic rings. The van der Waals surface area contributed by atoms with E-state index in [-0.39, 0.29) is 17.3 Å². The van der Waals surface area contributed by atoms with E-state index < -0.39 is 5.69 Å². The number of aryl methyl sites for hydroxylation is 2. The second kappa shape index (κ2) is 5.05. The summed E-state index contributed by atoms with van der Waals surface area (Å²) in [4.78, 5) is 26.3. The number of H-pyrrole nitrogens is 1. The van der Waals surface area contributed by atoms with Gasteiger partial charge in [0.1, 0.15) is 5.15 Å². The maximum atomic E-state index is 12.1. The molecule has 0 saturated carbocycles. The summed E-state index contributed by atoms with van der Waals surface area (Å²) in [5, 5.41) is 4.38. The summed E-state index contributed by atoms with van der Waals surface area (Å²) in [5.41, 5.74) is 1.19. The third kappa shape index (κ3) is 2.49. The van der Waals surface area contributed by atoms with Crippen molar-refractivity contribution in [2.45, 2.75) is 26.8 Å². The van der Waals surface area contributed by atoms with Gasteiger partial charge in [0.05, 0.1) is 12.2 Å². The molecule has 0 unspecified atom stereocenters. The van der Waals surface area contributed by atoms with Crippen molar-refractivity contribution in [3.8, 4) is 0 Å². The van der Waals surface area contributed by atoms with Crippen molar-refractivity contribution in [1.82, 2.24) is 19.3 Å². The minimum Gasteiger partial charge on any atom is -0.297 e. The third-order valence-electron chi connectivity index (χ3n) is 3.01. The second-order valence-electron chi connectivity index (χ2n) is 4.39. The van der Waals surface area contributed by atoms with Gasteiger partial charge in [0.2, 0.25) is 0 Å². The zero-order valence-electron chi connectivity index (χ0n) is 11.0. The van der Waals surface area contributed by atoms with Gasteiger partial charge in [-0.3, -0.25) is 19.0 Å². The van der Waals surface area contributed by atoms with Crippen molar-refractivity contribution in [2.75, 3.05) is 0 Å². The molecule has 0 fully saturated rings. The molecule has 0 saturated heterocycles. The summed E-state index contributed by atoms with van der Waals surface area (Å²) >= 11 is 5.77. The Kier molecular flexibility index (Phi) is 3.61. The molecular formula is C12H15ClN4O2. The van der Waals surface area contributed by atoms with E-state index in [1.54, 1.807) is 11.6 Å². The molecule has 2 heterocycles. The maximum Gasteiger partial charge on any atom is 0.329 e. The third-order valence-corrected chi connectivity index (χ3v) is 3.39. The Balaban J connectivity index is 2.53. The number of nitrogens with zero attached hydrogens (tertiary/aromatic N) is 3. The van der Waals surface area contributed by atoms with E-state index in [0.29, 0.717) is 5.56 Å². The molecule has 0 aliphatic carbocycles. The summed E-state index contributed by atoms with van der Waals surface area (Å²) in [6.07, 6.45) is 2.56. The van der Waals surface area contributed by atoms with E-state index in [4.69, 9.17) is 11.6 Å². The average Bonchev–Trinajstić information content (AvgIpc) is 2.72. The predicted molar refractivity (Wildman–Crippen MR) is 72.8 cm³/mol. The van der Waals surface area contributed by atoms with Crippen molar-refractivity contribution in [3.63, 3.8) is 0 Å². The molecule has 0 atom stereocenters. The summed E-state index contributed by atoms with van der Waals surface area (Å²) in [7, 11) is 1.81. The van der Waals surface area contributed by atoms with Gasteiger partial charge in [0.25, 0.3) is 5.56 Å². The number of hydrogen-bond acceptors (Lipinski definition) is 3. The standard InChI is InChI=1S/C12H15ClN4O2/c1-4-9-8(5-16(3)15-9)6-17-11(18)7(2)10(13)14-12(17)19/h5H,4,6H2,1-3H3,(H,14,19). The highest BCUT2D eigenvalue weighted by Gasteiger charge is 2.12. The minimum absolute atomic E-state index is 0.0909. The van der Waals surface area contributed by atoms with Gasteiger partial charge >= 0.3 is 5.69 Å². The summed E-state index contributed by atoms with van der Waals surface area (Å²) in [6.45, 7) is 3.76. The van der Waals surface area contributed by atoms with Crippen LogP contribution in [0, 0.1) is 6.92 Å². The molecule has 2 rings (SSSR count). The van der Waals surface area contributed by atoms with E-state index in [1.165, 1.54) is 0 Å². The Morgan fingerprint density at radius 2 is 2.11 bits per heavy atom. The van der Waals surface area contributed by atoms with Gasteiger partial charge in [-0.1, -0.05) is 18.5 Å². The molecule has 1 N–H and O–H groups in total. The summed E-state index contributed by atoms with van der Waals surface area (Å²) < 4.78 is 2.81. The van der Waals surface area contributed by atoms with Gasteiger partial charge in [-0.15, -0.1) is 0 Å². The topological polar surface area (TPSA) is 72.7 Å². The average molecular weight is 283 g/mol. The summed E-state index contributed by atoms with van der Waals surface area (Å²) in [5.74, 6) is 0. The first-order chi connectivity index (χ1) is 8.93. The molecule has 0 spiro atoms. The van der Waals surface area contributed by atoms with Gasteiger partial charge in [0, 0.05) is 24.4 Å². The van der Waals surface area contributed by atoms with Crippen LogP contribution in [0.3, 0.4) is 0 Å². The van der Waals surface area contributed by atoms with Gasteiger partial charge in [0.15, 0.2) is 0 Å². The lowest BCUT2D eigenvalue weighted by Crippen LogP contribution is -2.37. The number of rotatable bonds is 3. The van der Waals surface area contributed by atoms with Crippen LogP contribution < -0.4 is 11.2 Å². The van der Waals surface area contributed by atoms with Gasteiger partial charge in [-0.25, -0.2) is 4.79 Å². The zero-order chi connectivity index (χ0) is 14.2. The lowest BCUT2D eigenvalue weighted by atomic mass is 10.2. The number of nitrogens with one attached hydrogen (secondary N) is 1. The Morgan fingerprint density at radius 1 is 1.42 bits per heavy atom. The number of aromatic nitrogens is 4. The normalized spacial score (nSPS) is 10.9. The van der Waals surface area contributed by atoms with E-state index in [1.807, 2.05) is 20.2 Å². The highest BCUT2D eigenvalue weighted by molar-refractivity contribution is 6.30. The van der Waals surface area contributed by atoms with Crippen molar-refractivity contribution in [2.24, 2.45) is 7.05 Å². The predicted octanol–water partition coefficient (Wildman–Crippen LogP) is 0.843. The van der Waals surface area contributed by atoms with Gasteiger partial charge < -0.3 is 0 Å². The fourth-order valence-electron chi connectivity index (χ4n) is 1.97. The molecule has 0 bridgehead atoms. The number of halogens is 1. The fourth-order valence-corrected chi connectivity index (χ4v) is 2.13. The van der Waals surface area contributed by atoms with Crippen LogP contribution in [0.4, 0.5) is 0 Å². The van der Waals surface area contributed by atoms with Gasteiger partial charge in [-0.2, -0.15) is 5.10 Å². The smallest absolute Gasteiger partial charge is 0.297 e. The first-order valence-electron chi connectivity index (χ1n) is 5.94. The molecule has 2 aromatic heterocycles. The zero-order valence-corrected chi connectivity index (χ0v) is 11.8. The minimum atomic E-state index is -0.508. The maximum absolute atomic E-state index is 12.1. The highest BCUT2D eigenvalue weighted by atomic mass is 35.5. The van der Waals surface area contributed by atoms with Crippen molar-refractivity contribution >= 4 is 11.6 Å². The Bertz CT molecular complexity index is 726. The molecule has 19 heavy (non-hydrogen) atoms. The monoisotopic (exact) mass is 282 g/mol. The largest absolute Gasteiger partial charge is 0.329 e. The summed E-state index contributed by atoms with van der Waals surface area (Å²) in [6, 6.07) is 0. The van der Waals surface area contributed by atoms with Gasteiger partial charge in [-0.05, 0) is 13.3 Å². The van der Waals surface area contributed by atoms with E-state index in [2.05, 4.69) is 10.1 Å². The van der Waals surface area contributed by atoms with Crippen LogP contribution in [0.15, 0.2) is 15.8 Å². The molecule has 0 amide bonds. The Labute approximate surface area is 114 Å². The fraction of sp³-hybridized carbons (Fsp3) is 0.417. The SMILES string of the molecule is CCc1nn(C)cc1Cn1c(=O)[nH]c(Cl)c(C)c1=O. The van der Waals surface area contributed by atoms with Crippen LogP contribution in [0.1, 0.15) is 23.7 Å². The van der Waals surface area contributed by atoms with E-state index in [9.17, 15) is 9.59 Å².